The number of piperidine rings is 1. The quantitative estimate of drug-likeness (QED) is 0.922. The summed E-state index contributed by atoms with van der Waals surface area (Å²) in [7, 11) is -3.20. The zero-order valence-corrected chi connectivity index (χ0v) is 12.8. The van der Waals surface area contributed by atoms with Gasteiger partial charge in [-0.15, -0.1) is 0 Å². The molecule has 0 radical (unpaired) electrons. The number of aromatic nitrogens is 1. The summed E-state index contributed by atoms with van der Waals surface area (Å²) in [4.78, 5) is 6.19. The monoisotopic (exact) mass is 323 g/mol. The van der Waals surface area contributed by atoms with Crippen LogP contribution in [0.5, 0.6) is 0 Å². The fourth-order valence-electron chi connectivity index (χ4n) is 2.21. The minimum Gasteiger partial charge on any atom is -0.354 e. The van der Waals surface area contributed by atoms with Crippen molar-refractivity contribution in [2.75, 3.05) is 24.2 Å². The average Bonchev–Trinajstić information content (AvgIpc) is 2.26. The zero-order chi connectivity index (χ0) is 14.0. The van der Waals surface area contributed by atoms with E-state index in [9.17, 15) is 8.42 Å². The van der Waals surface area contributed by atoms with Crippen molar-refractivity contribution in [3.63, 3.8) is 0 Å². The van der Waals surface area contributed by atoms with Gasteiger partial charge in [0.1, 0.15) is 5.82 Å². The Labute approximate surface area is 123 Å². The summed E-state index contributed by atoms with van der Waals surface area (Å²) in [6.07, 6.45) is 4.40. The Morgan fingerprint density at radius 1 is 1.47 bits per heavy atom. The molecule has 19 heavy (non-hydrogen) atoms. The van der Waals surface area contributed by atoms with Crippen molar-refractivity contribution in [3.8, 4) is 0 Å². The molecule has 5 nitrogen and oxygen atoms in total. The summed E-state index contributed by atoms with van der Waals surface area (Å²) in [6, 6.07) is 1.52. The van der Waals surface area contributed by atoms with E-state index < -0.39 is 10.0 Å². The molecular weight excluding hydrogens is 309 g/mol. The molecule has 1 aliphatic heterocycles. The van der Waals surface area contributed by atoms with Gasteiger partial charge >= 0.3 is 0 Å². The molecule has 1 saturated heterocycles. The van der Waals surface area contributed by atoms with Gasteiger partial charge in [-0.1, -0.05) is 23.2 Å². The maximum atomic E-state index is 11.3. The molecule has 1 N–H and O–H groups in total. The lowest BCUT2D eigenvalue weighted by atomic mass is 10.1. The Balaban J connectivity index is 2.12. The number of nitrogens with one attached hydrogen (secondary N) is 1. The van der Waals surface area contributed by atoms with E-state index in [0.717, 1.165) is 19.4 Å². The maximum absolute atomic E-state index is 11.3. The van der Waals surface area contributed by atoms with Gasteiger partial charge in [0.05, 0.1) is 16.3 Å². The average molecular weight is 324 g/mol. The Bertz CT molecular complexity index is 565. The summed E-state index contributed by atoms with van der Waals surface area (Å²) in [5.74, 6) is 0.645. The highest BCUT2D eigenvalue weighted by atomic mass is 35.5. The van der Waals surface area contributed by atoms with Crippen molar-refractivity contribution < 1.29 is 8.42 Å². The maximum Gasteiger partial charge on any atom is 0.209 e. The standard InChI is InChI=1S/C11H15Cl2N3O2S/c1-19(17,18)15-9-3-2-4-16(7-9)11-10(13)5-8(12)6-14-11/h5-6,9,15H,2-4,7H2,1H3. The van der Waals surface area contributed by atoms with E-state index in [1.165, 1.54) is 12.5 Å². The van der Waals surface area contributed by atoms with Gasteiger partial charge in [-0.2, -0.15) is 0 Å². The van der Waals surface area contributed by atoms with Crippen LogP contribution in [0.3, 0.4) is 0 Å². The Morgan fingerprint density at radius 2 is 2.21 bits per heavy atom. The Kier molecular flexibility index (Phi) is 4.55. The first-order valence-electron chi connectivity index (χ1n) is 5.88. The van der Waals surface area contributed by atoms with Crippen molar-refractivity contribution in [1.29, 1.82) is 0 Å². The first-order chi connectivity index (χ1) is 8.85. The topological polar surface area (TPSA) is 62.3 Å². The molecule has 1 aromatic heterocycles. The number of rotatable bonds is 3. The number of pyridine rings is 1. The van der Waals surface area contributed by atoms with E-state index in [0.29, 0.717) is 22.4 Å². The summed E-state index contributed by atoms with van der Waals surface area (Å²) < 4.78 is 25.2. The molecule has 0 aromatic carbocycles. The molecule has 2 heterocycles. The minimum absolute atomic E-state index is 0.114. The van der Waals surface area contributed by atoms with E-state index >= 15 is 0 Å². The smallest absolute Gasteiger partial charge is 0.209 e. The second-order valence-electron chi connectivity index (χ2n) is 4.63. The van der Waals surface area contributed by atoms with Gasteiger partial charge in [0.15, 0.2) is 0 Å². The van der Waals surface area contributed by atoms with Crippen molar-refractivity contribution in [3.05, 3.63) is 22.3 Å². The number of hydrogen-bond acceptors (Lipinski definition) is 4. The first kappa shape index (κ1) is 14.8. The van der Waals surface area contributed by atoms with Crippen LogP contribution in [0.15, 0.2) is 12.3 Å². The normalized spacial score (nSPS) is 20.6. The number of hydrogen-bond donors (Lipinski definition) is 1. The molecule has 1 atom stereocenters. The van der Waals surface area contributed by atoms with Gasteiger partial charge in [-0.05, 0) is 18.9 Å². The van der Waals surface area contributed by atoms with E-state index in [1.54, 1.807) is 6.07 Å². The summed E-state index contributed by atoms with van der Waals surface area (Å²) in [5.41, 5.74) is 0. The van der Waals surface area contributed by atoms with Crippen LogP contribution < -0.4 is 9.62 Å². The minimum atomic E-state index is -3.20. The molecule has 106 valence electrons. The van der Waals surface area contributed by atoms with E-state index in [1.807, 2.05) is 4.90 Å². The van der Waals surface area contributed by atoms with Gasteiger partial charge in [0.2, 0.25) is 10.0 Å². The van der Waals surface area contributed by atoms with Crippen molar-refractivity contribution in [2.45, 2.75) is 18.9 Å². The molecule has 1 unspecified atom stereocenters. The predicted molar refractivity (Wildman–Crippen MR) is 77.5 cm³/mol. The van der Waals surface area contributed by atoms with Crippen LogP contribution in [-0.4, -0.2) is 38.8 Å². The van der Waals surface area contributed by atoms with Gasteiger partial charge in [0.25, 0.3) is 0 Å². The fourth-order valence-corrected chi connectivity index (χ4v) is 3.51. The summed E-state index contributed by atoms with van der Waals surface area (Å²) >= 11 is 11.9. The van der Waals surface area contributed by atoms with Crippen LogP contribution in [0.2, 0.25) is 10.0 Å². The van der Waals surface area contributed by atoms with Crippen LogP contribution in [0.1, 0.15) is 12.8 Å². The zero-order valence-electron chi connectivity index (χ0n) is 10.4. The van der Waals surface area contributed by atoms with Gasteiger partial charge < -0.3 is 4.90 Å². The number of sulfonamides is 1. The molecule has 0 aliphatic carbocycles. The van der Waals surface area contributed by atoms with Gasteiger partial charge in [-0.25, -0.2) is 18.1 Å². The number of anilines is 1. The molecule has 2 rings (SSSR count). The van der Waals surface area contributed by atoms with Crippen LogP contribution in [0.25, 0.3) is 0 Å². The van der Waals surface area contributed by atoms with Gasteiger partial charge in [0, 0.05) is 25.3 Å². The second-order valence-corrected chi connectivity index (χ2v) is 7.26. The molecule has 0 saturated carbocycles. The predicted octanol–water partition coefficient (Wildman–Crippen LogP) is 1.91. The molecule has 1 fully saturated rings. The largest absolute Gasteiger partial charge is 0.354 e. The highest BCUT2D eigenvalue weighted by molar-refractivity contribution is 7.88. The summed E-state index contributed by atoms with van der Waals surface area (Å²) in [5, 5.41) is 0.962. The lowest BCUT2D eigenvalue weighted by Crippen LogP contribution is -2.47. The van der Waals surface area contributed by atoms with Crippen LogP contribution in [0.4, 0.5) is 5.82 Å². The molecule has 0 spiro atoms. The lowest BCUT2D eigenvalue weighted by Gasteiger charge is -2.33. The number of halogens is 2. The molecule has 1 aliphatic rings. The Morgan fingerprint density at radius 3 is 2.84 bits per heavy atom. The molecule has 8 heteroatoms. The van der Waals surface area contributed by atoms with E-state index in [-0.39, 0.29) is 6.04 Å². The molecular formula is C11H15Cl2N3O2S. The van der Waals surface area contributed by atoms with Gasteiger partial charge in [-0.3, -0.25) is 0 Å². The molecule has 1 aromatic rings. The van der Waals surface area contributed by atoms with Crippen molar-refractivity contribution >= 4 is 39.0 Å². The first-order valence-corrected chi connectivity index (χ1v) is 8.53. The molecule has 0 amide bonds. The highest BCUT2D eigenvalue weighted by Crippen LogP contribution is 2.28. The summed E-state index contributed by atoms with van der Waals surface area (Å²) in [6.45, 7) is 1.36. The third kappa shape index (κ3) is 4.21. The third-order valence-electron chi connectivity index (χ3n) is 2.89. The number of nitrogens with zero attached hydrogens (tertiary/aromatic N) is 2. The van der Waals surface area contributed by atoms with Crippen LogP contribution in [-0.2, 0) is 10.0 Å². The van der Waals surface area contributed by atoms with E-state index in [4.69, 9.17) is 23.2 Å². The fraction of sp³-hybridized carbons (Fsp3) is 0.545. The highest BCUT2D eigenvalue weighted by Gasteiger charge is 2.24. The van der Waals surface area contributed by atoms with Crippen LogP contribution >= 0.6 is 23.2 Å². The SMILES string of the molecule is CS(=O)(=O)NC1CCCN(c2ncc(Cl)cc2Cl)C1. The van der Waals surface area contributed by atoms with Crippen molar-refractivity contribution in [2.24, 2.45) is 0 Å². The van der Waals surface area contributed by atoms with Crippen LogP contribution in [0, 0.1) is 0 Å². The third-order valence-corrected chi connectivity index (χ3v) is 4.14. The second kappa shape index (κ2) is 5.83. The molecule has 0 bridgehead atoms. The van der Waals surface area contributed by atoms with Crippen molar-refractivity contribution in [1.82, 2.24) is 9.71 Å². The Hall–Kier alpha value is -0.560. The lowest BCUT2D eigenvalue weighted by molar-refractivity contribution is 0.465. The van der Waals surface area contributed by atoms with E-state index in [2.05, 4.69) is 9.71 Å².